The minimum atomic E-state index is -0.510. The van der Waals surface area contributed by atoms with Crippen LogP contribution in [0.4, 0.5) is 4.79 Å². The normalized spacial score (nSPS) is 21.1. The molecule has 0 N–H and O–H groups in total. The van der Waals surface area contributed by atoms with Gasteiger partial charge in [-0.25, -0.2) is 4.79 Å². The molecule has 1 aromatic carbocycles. The molecule has 2 aliphatic heterocycles. The van der Waals surface area contributed by atoms with Gasteiger partial charge in [-0.1, -0.05) is 23.7 Å². The van der Waals surface area contributed by atoms with Crippen molar-refractivity contribution >= 4 is 23.6 Å². The molecule has 8 heteroatoms. The van der Waals surface area contributed by atoms with Crippen molar-refractivity contribution in [2.75, 3.05) is 39.3 Å². The number of likely N-dealkylation sites (tertiary alicyclic amines) is 1. The van der Waals surface area contributed by atoms with Crippen molar-refractivity contribution in [3.8, 4) is 0 Å². The number of aromatic nitrogens is 1. The van der Waals surface area contributed by atoms with Gasteiger partial charge in [0.05, 0.1) is 11.7 Å². The van der Waals surface area contributed by atoms with Gasteiger partial charge in [0.25, 0.3) is 0 Å². The molecule has 37 heavy (non-hydrogen) atoms. The molecule has 0 bridgehead atoms. The number of hydrogen-bond acceptors (Lipinski definition) is 5. The first-order chi connectivity index (χ1) is 17.7. The zero-order valence-corrected chi connectivity index (χ0v) is 22.8. The van der Waals surface area contributed by atoms with Crippen molar-refractivity contribution in [3.63, 3.8) is 0 Å². The Kier molecular flexibility index (Phi) is 7.46. The lowest BCUT2D eigenvalue weighted by atomic mass is 9.94. The van der Waals surface area contributed by atoms with Gasteiger partial charge in [-0.15, -0.1) is 0 Å². The van der Waals surface area contributed by atoms with E-state index in [4.69, 9.17) is 21.3 Å². The average molecular weight is 525 g/mol. The summed E-state index contributed by atoms with van der Waals surface area (Å²) in [6.07, 6.45) is 4.87. The van der Waals surface area contributed by atoms with Gasteiger partial charge in [-0.05, 0) is 81.3 Å². The number of piperidine rings is 1. The van der Waals surface area contributed by atoms with E-state index < -0.39 is 5.60 Å². The molecule has 2 amide bonds. The molecule has 2 aromatic rings. The van der Waals surface area contributed by atoms with Crippen LogP contribution in [0.3, 0.4) is 0 Å². The maximum atomic E-state index is 13.4. The average Bonchev–Trinajstić information content (AvgIpc) is 3.04. The number of rotatable bonds is 2. The molecular formula is C29H37ClN4O3. The summed E-state index contributed by atoms with van der Waals surface area (Å²) >= 11 is 6.35. The molecule has 1 aromatic heterocycles. The van der Waals surface area contributed by atoms with E-state index in [-0.39, 0.29) is 24.0 Å². The summed E-state index contributed by atoms with van der Waals surface area (Å²) in [6, 6.07) is 10.5. The van der Waals surface area contributed by atoms with Crippen LogP contribution >= 0.6 is 11.6 Å². The third kappa shape index (κ3) is 5.78. The molecule has 0 saturated carbocycles. The number of pyridine rings is 1. The number of piperazine rings is 1. The Labute approximate surface area is 224 Å². The first-order valence-electron chi connectivity index (χ1n) is 13.4. The SMILES string of the molecule is CC(C)(C)OC(=O)N1CCC(C(=O)N2CCN(C3c4ccc(Cl)cc4CCc4cccnc43)CC2)CC1. The second kappa shape index (κ2) is 10.6. The minimum absolute atomic E-state index is 0.0339. The Morgan fingerprint density at radius 2 is 1.65 bits per heavy atom. The largest absolute Gasteiger partial charge is 0.444 e. The minimum Gasteiger partial charge on any atom is -0.444 e. The van der Waals surface area contributed by atoms with Gasteiger partial charge in [-0.2, -0.15) is 0 Å². The van der Waals surface area contributed by atoms with Crippen molar-refractivity contribution in [2.24, 2.45) is 5.92 Å². The number of amides is 2. The van der Waals surface area contributed by atoms with E-state index in [2.05, 4.69) is 23.1 Å². The van der Waals surface area contributed by atoms with E-state index in [9.17, 15) is 9.59 Å². The maximum Gasteiger partial charge on any atom is 0.410 e. The van der Waals surface area contributed by atoms with E-state index in [1.807, 2.05) is 44.0 Å². The number of aryl methyl sites for hydroxylation is 2. The zero-order chi connectivity index (χ0) is 26.2. The summed E-state index contributed by atoms with van der Waals surface area (Å²) in [5.74, 6) is 0.184. The Bertz CT molecular complexity index is 1150. The Hall–Kier alpha value is -2.64. The molecule has 3 aliphatic rings. The van der Waals surface area contributed by atoms with Crippen LogP contribution in [0.15, 0.2) is 36.5 Å². The number of carbonyl (C=O) groups excluding carboxylic acids is 2. The fourth-order valence-electron chi connectivity index (χ4n) is 5.85. The molecule has 0 radical (unpaired) electrons. The third-order valence-electron chi connectivity index (χ3n) is 7.74. The molecule has 5 rings (SSSR count). The Morgan fingerprint density at radius 3 is 2.35 bits per heavy atom. The highest BCUT2D eigenvalue weighted by Crippen LogP contribution is 2.37. The summed E-state index contributed by atoms with van der Waals surface area (Å²) in [4.78, 5) is 36.8. The highest BCUT2D eigenvalue weighted by Gasteiger charge is 2.36. The summed E-state index contributed by atoms with van der Waals surface area (Å²) < 4.78 is 5.50. The second-order valence-electron chi connectivity index (χ2n) is 11.4. The predicted molar refractivity (Wildman–Crippen MR) is 144 cm³/mol. The lowest BCUT2D eigenvalue weighted by molar-refractivity contribution is -0.139. The predicted octanol–water partition coefficient (Wildman–Crippen LogP) is 4.71. The summed E-state index contributed by atoms with van der Waals surface area (Å²) in [7, 11) is 0. The van der Waals surface area contributed by atoms with Crippen LogP contribution in [0.2, 0.25) is 5.02 Å². The van der Waals surface area contributed by atoms with Crippen LogP contribution in [-0.2, 0) is 22.4 Å². The van der Waals surface area contributed by atoms with E-state index in [1.165, 1.54) is 16.7 Å². The topological polar surface area (TPSA) is 66.0 Å². The highest BCUT2D eigenvalue weighted by atomic mass is 35.5. The van der Waals surface area contributed by atoms with Crippen LogP contribution in [0, 0.1) is 5.92 Å². The molecule has 198 valence electrons. The molecule has 0 spiro atoms. The lowest BCUT2D eigenvalue weighted by Crippen LogP contribution is -2.53. The molecule has 1 atom stereocenters. The monoisotopic (exact) mass is 524 g/mol. The van der Waals surface area contributed by atoms with Crippen molar-refractivity contribution in [2.45, 2.75) is 58.1 Å². The van der Waals surface area contributed by atoms with E-state index in [0.29, 0.717) is 39.0 Å². The first kappa shape index (κ1) is 26.0. The van der Waals surface area contributed by atoms with Gasteiger partial charge in [-0.3, -0.25) is 14.7 Å². The summed E-state index contributed by atoms with van der Waals surface area (Å²) in [6.45, 7) is 9.75. The number of carbonyl (C=O) groups is 2. The molecule has 2 fully saturated rings. The lowest BCUT2D eigenvalue weighted by Gasteiger charge is -2.41. The number of hydrogen-bond donors (Lipinski definition) is 0. The summed E-state index contributed by atoms with van der Waals surface area (Å²) in [5.41, 5.74) is 4.46. The van der Waals surface area contributed by atoms with Crippen LogP contribution in [-0.4, -0.2) is 76.6 Å². The Balaban J connectivity index is 1.23. The van der Waals surface area contributed by atoms with Crippen LogP contribution in [0.5, 0.6) is 0 Å². The highest BCUT2D eigenvalue weighted by molar-refractivity contribution is 6.30. The standard InChI is InChI=1S/C29H37ClN4O3/c1-29(2,3)37-28(36)34-13-10-21(11-14-34)27(35)33-17-15-32(16-18-33)26-24-9-8-23(30)19-22(24)7-6-20-5-4-12-31-25(20)26/h4-5,8-9,12,19,21,26H,6-7,10-11,13-18H2,1-3H3. The fourth-order valence-corrected chi connectivity index (χ4v) is 6.04. The smallest absolute Gasteiger partial charge is 0.410 e. The number of halogens is 1. The van der Waals surface area contributed by atoms with Crippen molar-refractivity contribution < 1.29 is 14.3 Å². The van der Waals surface area contributed by atoms with Gasteiger partial charge in [0, 0.05) is 56.4 Å². The quantitative estimate of drug-likeness (QED) is 0.569. The van der Waals surface area contributed by atoms with Crippen molar-refractivity contribution in [3.05, 3.63) is 63.9 Å². The van der Waals surface area contributed by atoms with Crippen molar-refractivity contribution in [1.82, 2.24) is 19.7 Å². The van der Waals surface area contributed by atoms with Crippen LogP contribution in [0.1, 0.15) is 62.0 Å². The molecule has 1 aliphatic carbocycles. The van der Waals surface area contributed by atoms with Gasteiger partial charge in [0.1, 0.15) is 5.60 Å². The van der Waals surface area contributed by atoms with E-state index in [1.54, 1.807) is 4.90 Å². The number of fused-ring (bicyclic) bond motifs is 2. The van der Waals surface area contributed by atoms with E-state index in [0.717, 1.165) is 36.6 Å². The van der Waals surface area contributed by atoms with Crippen molar-refractivity contribution in [1.29, 1.82) is 0 Å². The van der Waals surface area contributed by atoms with Gasteiger partial charge < -0.3 is 14.5 Å². The molecule has 3 heterocycles. The molecule has 2 saturated heterocycles. The number of nitrogens with zero attached hydrogens (tertiary/aromatic N) is 4. The third-order valence-corrected chi connectivity index (χ3v) is 7.97. The van der Waals surface area contributed by atoms with Gasteiger partial charge in [0.2, 0.25) is 5.91 Å². The molecular weight excluding hydrogens is 488 g/mol. The van der Waals surface area contributed by atoms with Crippen LogP contribution in [0.25, 0.3) is 0 Å². The zero-order valence-electron chi connectivity index (χ0n) is 22.1. The molecule has 7 nitrogen and oxygen atoms in total. The maximum absolute atomic E-state index is 13.4. The van der Waals surface area contributed by atoms with E-state index >= 15 is 0 Å². The number of benzene rings is 1. The Morgan fingerprint density at radius 1 is 0.946 bits per heavy atom. The first-order valence-corrected chi connectivity index (χ1v) is 13.8. The second-order valence-corrected chi connectivity index (χ2v) is 11.8. The van der Waals surface area contributed by atoms with Crippen LogP contribution < -0.4 is 0 Å². The van der Waals surface area contributed by atoms with Gasteiger partial charge >= 0.3 is 6.09 Å². The number of ether oxygens (including phenoxy) is 1. The fraction of sp³-hybridized carbons (Fsp3) is 0.552. The van der Waals surface area contributed by atoms with Gasteiger partial charge in [0.15, 0.2) is 0 Å². The molecule has 1 unspecified atom stereocenters. The summed E-state index contributed by atoms with van der Waals surface area (Å²) in [5, 5.41) is 0.768.